The number of nitrogens with one attached hydrogen (secondary N) is 1. The number of rotatable bonds is 22. The molecule has 6 aromatic rings. The van der Waals surface area contributed by atoms with Crippen molar-refractivity contribution in [3.8, 4) is 22.7 Å². The molecule has 346 valence electrons. The number of aryl methyl sites for hydroxylation is 1. The van der Waals surface area contributed by atoms with Crippen LogP contribution in [0.2, 0.25) is 0 Å². The highest BCUT2D eigenvalue weighted by Gasteiger charge is 2.36. The number of hydrogen-bond donors (Lipinski definition) is 1. The smallest absolute Gasteiger partial charge is 0.418 e. The minimum absolute atomic E-state index is 0.0150. The third kappa shape index (κ3) is 11.8. The first-order valence-electron chi connectivity index (χ1n) is 21.7. The van der Waals surface area contributed by atoms with E-state index in [9.17, 15) is 22.8 Å². The van der Waals surface area contributed by atoms with E-state index in [2.05, 4.69) is 32.2 Å². The monoisotopic (exact) mass is 901 g/mol. The van der Waals surface area contributed by atoms with E-state index >= 15 is 0 Å². The van der Waals surface area contributed by atoms with Crippen LogP contribution in [-0.4, -0.2) is 121 Å². The quantitative estimate of drug-likeness (QED) is 0.0797. The Bertz CT molecular complexity index is 2560. The SMILES string of the molecule is CCCCOCCOCCOCCOCCC(=O)NCc1cnc(N2CCN(c3ccc(-n4c(=O)n(C)c5cnc6ccc(-c7ccc(OC)nc7)cc6c54)cc3C(F)(F)F)CC2)nc1. The molecule has 0 bridgehead atoms. The first-order valence-corrected chi connectivity index (χ1v) is 21.7. The number of methoxy groups -OCH3 is 1. The van der Waals surface area contributed by atoms with Crippen LogP contribution in [0.5, 0.6) is 5.88 Å². The number of imidazole rings is 1. The number of carbonyl (C=O) groups is 1. The molecule has 5 heterocycles. The fourth-order valence-corrected chi connectivity index (χ4v) is 7.47. The summed E-state index contributed by atoms with van der Waals surface area (Å²) in [5.41, 5.74) is 2.49. The molecule has 1 fully saturated rings. The van der Waals surface area contributed by atoms with Crippen molar-refractivity contribution in [2.24, 2.45) is 7.05 Å². The number of amides is 1. The van der Waals surface area contributed by atoms with Gasteiger partial charge in [-0.05, 0) is 48.4 Å². The molecule has 1 aliphatic rings. The highest BCUT2D eigenvalue weighted by atomic mass is 19.4. The maximum atomic E-state index is 14.9. The van der Waals surface area contributed by atoms with Crippen LogP contribution in [0.15, 0.2) is 78.1 Å². The largest absolute Gasteiger partial charge is 0.481 e. The molecular formula is C46H54F3N9O7. The molecule has 0 aliphatic carbocycles. The summed E-state index contributed by atoms with van der Waals surface area (Å²) in [7, 11) is 3.10. The van der Waals surface area contributed by atoms with Gasteiger partial charge in [0.05, 0.1) is 87.4 Å². The van der Waals surface area contributed by atoms with Crippen molar-refractivity contribution in [2.75, 3.05) is 95.9 Å². The maximum Gasteiger partial charge on any atom is 0.418 e. The number of carbonyl (C=O) groups excluding carboxylic acids is 1. The number of nitrogens with zero attached hydrogens (tertiary/aromatic N) is 8. The standard InChI is InChI=1S/C46H54F3N9O7/c1-4-5-17-62-19-21-64-23-24-65-22-20-63-18-12-41(59)51-27-32-28-53-44(54-29-32)57-15-13-56(14-16-57)39-10-8-35(26-37(39)46(47,48)49)58-43-36-25-33(34-7-11-42(61-3)52-30-34)6-9-38(36)50-31-40(43)55(2)45(58)60/h6-11,25-26,28-31H,4-5,12-24,27H2,1-3H3,(H,51,59). The van der Waals surface area contributed by atoms with Crippen LogP contribution in [0.1, 0.15) is 37.3 Å². The van der Waals surface area contributed by atoms with Crippen LogP contribution in [-0.2, 0) is 43.5 Å². The summed E-state index contributed by atoms with van der Waals surface area (Å²) >= 11 is 0. The van der Waals surface area contributed by atoms with Gasteiger partial charge in [-0.1, -0.05) is 19.4 Å². The number of pyridine rings is 2. The molecule has 1 aliphatic heterocycles. The molecule has 65 heavy (non-hydrogen) atoms. The minimum Gasteiger partial charge on any atom is -0.481 e. The summed E-state index contributed by atoms with van der Waals surface area (Å²) in [4.78, 5) is 47.6. The predicted octanol–water partition coefficient (Wildman–Crippen LogP) is 5.96. The zero-order chi connectivity index (χ0) is 45.8. The first kappa shape index (κ1) is 46.8. The maximum absolute atomic E-state index is 14.9. The lowest BCUT2D eigenvalue weighted by molar-refractivity contribution is -0.137. The number of anilines is 2. The van der Waals surface area contributed by atoms with Crippen LogP contribution in [0.25, 0.3) is 38.8 Å². The van der Waals surface area contributed by atoms with Gasteiger partial charge in [0.2, 0.25) is 17.7 Å². The van der Waals surface area contributed by atoms with Gasteiger partial charge in [-0.2, -0.15) is 13.2 Å². The van der Waals surface area contributed by atoms with Crippen molar-refractivity contribution in [1.29, 1.82) is 0 Å². The molecule has 16 nitrogen and oxygen atoms in total. The molecule has 0 saturated carbocycles. The Morgan fingerprint density at radius 2 is 1.42 bits per heavy atom. The summed E-state index contributed by atoms with van der Waals surface area (Å²) < 4.78 is 74.6. The molecule has 4 aromatic heterocycles. The topological polar surface area (TPSA) is 160 Å². The van der Waals surface area contributed by atoms with Gasteiger partial charge in [0.1, 0.15) is 0 Å². The molecule has 7 rings (SSSR count). The van der Waals surface area contributed by atoms with Crippen LogP contribution in [0, 0.1) is 0 Å². The van der Waals surface area contributed by atoms with Gasteiger partial charge in [0.25, 0.3) is 0 Å². The van der Waals surface area contributed by atoms with E-state index in [1.165, 1.54) is 22.3 Å². The van der Waals surface area contributed by atoms with E-state index in [0.29, 0.717) is 92.1 Å². The van der Waals surface area contributed by atoms with Gasteiger partial charge < -0.3 is 38.8 Å². The number of ether oxygens (including phenoxy) is 5. The van der Waals surface area contributed by atoms with Crippen LogP contribution >= 0.6 is 0 Å². The zero-order valence-electron chi connectivity index (χ0n) is 36.8. The second-order valence-electron chi connectivity index (χ2n) is 15.4. The van der Waals surface area contributed by atoms with E-state index in [1.807, 2.05) is 29.2 Å². The minimum atomic E-state index is -4.72. The van der Waals surface area contributed by atoms with Crippen molar-refractivity contribution in [1.82, 2.24) is 34.4 Å². The fraction of sp³-hybridized carbons (Fsp3) is 0.435. The average Bonchev–Trinajstić information content (AvgIpc) is 3.59. The molecule has 1 N–H and O–H groups in total. The van der Waals surface area contributed by atoms with E-state index in [1.54, 1.807) is 48.9 Å². The van der Waals surface area contributed by atoms with Crippen molar-refractivity contribution < 1.29 is 41.7 Å². The fourth-order valence-electron chi connectivity index (χ4n) is 7.47. The van der Waals surface area contributed by atoms with Gasteiger partial charge in [0.15, 0.2) is 0 Å². The number of piperazine rings is 1. The predicted molar refractivity (Wildman–Crippen MR) is 240 cm³/mol. The van der Waals surface area contributed by atoms with Gasteiger partial charge in [-0.3, -0.25) is 18.9 Å². The Morgan fingerprint density at radius 3 is 2.06 bits per heavy atom. The Balaban J connectivity index is 0.923. The summed E-state index contributed by atoms with van der Waals surface area (Å²) in [5, 5.41) is 3.43. The Kier molecular flexibility index (Phi) is 16.0. The number of hydrogen-bond acceptors (Lipinski definition) is 13. The highest BCUT2D eigenvalue weighted by molar-refractivity contribution is 6.04. The lowest BCUT2D eigenvalue weighted by atomic mass is 10.0. The molecule has 2 aromatic carbocycles. The van der Waals surface area contributed by atoms with E-state index in [-0.39, 0.29) is 49.9 Å². The molecule has 1 amide bonds. The lowest BCUT2D eigenvalue weighted by Crippen LogP contribution is -2.47. The molecule has 0 spiro atoms. The third-order valence-electron chi connectivity index (χ3n) is 11.0. The van der Waals surface area contributed by atoms with Crippen LogP contribution < -0.4 is 25.5 Å². The number of aromatic nitrogens is 6. The van der Waals surface area contributed by atoms with Crippen molar-refractivity contribution in [2.45, 2.75) is 38.9 Å². The lowest BCUT2D eigenvalue weighted by Gasteiger charge is -2.37. The van der Waals surface area contributed by atoms with E-state index < -0.39 is 17.4 Å². The number of halogens is 3. The van der Waals surface area contributed by atoms with Crippen molar-refractivity contribution >= 4 is 39.5 Å². The van der Waals surface area contributed by atoms with Gasteiger partial charge >= 0.3 is 11.9 Å². The van der Waals surface area contributed by atoms with Crippen LogP contribution in [0.3, 0.4) is 0 Å². The second kappa shape index (κ2) is 22.2. The number of unbranched alkanes of at least 4 members (excludes halogenated alkanes) is 1. The van der Waals surface area contributed by atoms with Crippen molar-refractivity contribution in [3.05, 3.63) is 94.9 Å². The summed E-state index contributed by atoms with van der Waals surface area (Å²) in [5.74, 6) is 0.711. The van der Waals surface area contributed by atoms with Gasteiger partial charge in [-0.15, -0.1) is 0 Å². The van der Waals surface area contributed by atoms with Crippen LogP contribution in [0.4, 0.5) is 24.8 Å². The average molecular weight is 902 g/mol. The summed E-state index contributed by atoms with van der Waals surface area (Å²) in [6.07, 6.45) is 4.09. The number of alkyl halides is 3. The van der Waals surface area contributed by atoms with E-state index in [0.717, 1.165) is 36.6 Å². The highest BCUT2D eigenvalue weighted by Crippen LogP contribution is 2.39. The van der Waals surface area contributed by atoms with E-state index in [4.69, 9.17) is 23.7 Å². The Labute approximate surface area is 374 Å². The first-order chi connectivity index (χ1) is 31.5. The molecular weight excluding hydrogens is 848 g/mol. The Hall–Kier alpha value is -6.15. The normalized spacial score (nSPS) is 13.3. The molecule has 0 unspecified atom stereocenters. The Morgan fingerprint density at radius 1 is 0.754 bits per heavy atom. The molecule has 0 radical (unpaired) electrons. The molecule has 19 heteroatoms. The van der Waals surface area contributed by atoms with Gasteiger partial charge in [-0.25, -0.2) is 19.7 Å². The summed E-state index contributed by atoms with van der Waals surface area (Å²) in [6, 6.07) is 13.2. The number of fused-ring (bicyclic) bond motifs is 3. The molecule has 1 saturated heterocycles. The molecule has 0 atom stereocenters. The zero-order valence-corrected chi connectivity index (χ0v) is 36.8. The second-order valence-corrected chi connectivity index (χ2v) is 15.4. The van der Waals surface area contributed by atoms with Gasteiger partial charge in [0, 0.05) is 99.7 Å². The summed E-state index contributed by atoms with van der Waals surface area (Å²) in [6.45, 7) is 7.46. The van der Waals surface area contributed by atoms with Crippen molar-refractivity contribution in [3.63, 3.8) is 0 Å². The third-order valence-corrected chi connectivity index (χ3v) is 11.0. The number of benzene rings is 2.